The summed E-state index contributed by atoms with van der Waals surface area (Å²) in [4.78, 5) is 33.4. The van der Waals surface area contributed by atoms with Crippen LogP contribution in [0, 0.1) is 0 Å². The van der Waals surface area contributed by atoms with Gasteiger partial charge < -0.3 is 14.9 Å². The van der Waals surface area contributed by atoms with Crippen molar-refractivity contribution < 1.29 is 14.7 Å². The molecule has 1 atom stereocenters. The largest absolute Gasteiger partial charge is 0.507 e. The lowest BCUT2D eigenvalue weighted by Gasteiger charge is -2.25. The number of benzene rings is 1. The van der Waals surface area contributed by atoms with Gasteiger partial charge in [0.1, 0.15) is 11.8 Å². The highest BCUT2D eigenvalue weighted by atomic mass is 16.3. The van der Waals surface area contributed by atoms with Crippen molar-refractivity contribution in [1.29, 1.82) is 0 Å². The smallest absolute Gasteiger partial charge is 0.295 e. The van der Waals surface area contributed by atoms with E-state index in [-0.39, 0.29) is 11.3 Å². The first-order valence-corrected chi connectivity index (χ1v) is 8.90. The first kappa shape index (κ1) is 18.8. The van der Waals surface area contributed by atoms with Crippen molar-refractivity contribution in [2.45, 2.75) is 12.5 Å². The Balaban J connectivity index is 2.05. The Labute approximate surface area is 158 Å². The Kier molecular flexibility index (Phi) is 5.66. The van der Waals surface area contributed by atoms with E-state index in [0.717, 1.165) is 6.54 Å². The maximum Gasteiger partial charge on any atom is 0.295 e. The van der Waals surface area contributed by atoms with Gasteiger partial charge in [0.05, 0.1) is 11.3 Å². The predicted octanol–water partition coefficient (Wildman–Crippen LogP) is 2.46. The van der Waals surface area contributed by atoms with Crippen LogP contribution in [0.5, 0.6) is 0 Å². The normalized spacial score (nSPS) is 19.1. The number of Topliss-reactive ketones (excluding diaryl/α,β-unsaturated/α-hetero) is 1. The molecule has 2 aromatic rings. The summed E-state index contributed by atoms with van der Waals surface area (Å²) in [5, 5.41) is 10.8. The molecule has 0 saturated carbocycles. The Hall–Kier alpha value is -2.99. The van der Waals surface area contributed by atoms with Crippen molar-refractivity contribution in [2.75, 3.05) is 27.2 Å². The fraction of sp³-hybridized carbons (Fsp3) is 0.286. The standard InChI is InChI=1S/C21H23N3O3/c1-23(2)13-8-14-24-18(16-11-6-7-12-22-16)17(20(26)21(24)27)19(25)15-9-4-3-5-10-15/h3-7,9-12,18,25H,8,13-14H2,1-2H3/b19-17+/t18-/m0/s1. The highest BCUT2D eigenvalue weighted by Crippen LogP contribution is 2.38. The number of nitrogens with zero attached hydrogens (tertiary/aromatic N) is 3. The van der Waals surface area contributed by atoms with Crippen molar-refractivity contribution in [3.05, 3.63) is 71.6 Å². The molecule has 1 saturated heterocycles. The van der Waals surface area contributed by atoms with E-state index in [1.54, 1.807) is 42.6 Å². The van der Waals surface area contributed by atoms with E-state index in [1.165, 1.54) is 4.90 Å². The zero-order chi connectivity index (χ0) is 19.4. The Morgan fingerprint density at radius 2 is 1.81 bits per heavy atom. The van der Waals surface area contributed by atoms with E-state index >= 15 is 0 Å². The number of aliphatic hydroxyl groups is 1. The summed E-state index contributed by atoms with van der Waals surface area (Å²) in [6.07, 6.45) is 2.34. The van der Waals surface area contributed by atoms with Crippen molar-refractivity contribution >= 4 is 17.4 Å². The van der Waals surface area contributed by atoms with Gasteiger partial charge in [-0.05, 0) is 39.2 Å². The molecule has 0 radical (unpaired) electrons. The zero-order valence-corrected chi connectivity index (χ0v) is 15.5. The van der Waals surface area contributed by atoms with Crippen LogP contribution in [0.1, 0.15) is 23.7 Å². The number of likely N-dealkylation sites (tertiary alicyclic amines) is 1. The lowest BCUT2D eigenvalue weighted by molar-refractivity contribution is -0.140. The van der Waals surface area contributed by atoms with E-state index in [9.17, 15) is 14.7 Å². The molecule has 0 unspecified atom stereocenters. The maximum absolute atomic E-state index is 12.8. The van der Waals surface area contributed by atoms with Gasteiger partial charge in [0.2, 0.25) is 0 Å². The van der Waals surface area contributed by atoms with Gasteiger partial charge in [-0.3, -0.25) is 14.6 Å². The van der Waals surface area contributed by atoms with Gasteiger partial charge in [0, 0.05) is 18.3 Å². The molecule has 3 rings (SSSR count). The molecule has 6 heteroatoms. The molecule has 1 N–H and O–H groups in total. The molecule has 6 nitrogen and oxygen atoms in total. The quantitative estimate of drug-likeness (QED) is 0.484. The molecule has 0 aliphatic carbocycles. The van der Waals surface area contributed by atoms with Crippen molar-refractivity contribution in [2.24, 2.45) is 0 Å². The number of ketones is 1. The van der Waals surface area contributed by atoms with Gasteiger partial charge >= 0.3 is 0 Å². The van der Waals surface area contributed by atoms with Crippen LogP contribution < -0.4 is 0 Å². The van der Waals surface area contributed by atoms with Gasteiger partial charge in [-0.25, -0.2) is 0 Å². The van der Waals surface area contributed by atoms with Gasteiger partial charge in [-0.2, -0.15) is 0 Å². The molecule has 27 heavy (non-hydrogen) atoms. The van der Waals surface area contributed by atoms with E-state index in [1.807, 2.05) is 31.1 Å². The Bertz CT molecular complexity index is 847. The lowest BCUT2D eigenvalue weighted by atomic mass is 9.98. The Morgan fingerprint density at radius 1 is 1.11 bits per heavy atom. The third-order valence-corrected chi connectivity index (χ3v) is 4.56. The van der Waals surface area contributed by atoms with Crippen LogP contribution in [0.15, 0.2) is 60.3 Å². The first-order valence-electron chi connectivity index (χ1n) is 8.90. The fourth-order valence-corrected chi connectivity index (χ4v) is 3.26. The summed E-state index contributed by atoms with van der Waals surface area (Å²) < 4.78 is 0. The molecule has 2 heterocycles. The second-order valence-corrected chi connectivity index (χ2v) is 6.77. The summed E-state index contributed by atoms with van der Waals surface area (Å²) in [6.45, 7) is 1.20. The van der Waals surface area contributed by atoms with Crippen LogP contribution in [0.4, 0.5) is 0 Å². The monoisotopic (exact) mass is 365 g/mol. The fourth-order valence-electron chi connectivity index (χ4n) is 3.26. The maximum atomic E-state index is 12.8. The molecular weight excluding hydrogens is 342 g/mol. The number of carbonyl (C=O) groups is 2. The van der Waals surface area contributed by atoms with E-state index in [0.29, 0.717) is 24.2 Å². The number of aliphatic hydroxyl groups excluding tert-OH is 1. The van der Waals surface area contributed by atoms with Crippen molar-refractivity contribution in [3.8, 4) is 0 Å². The number of hydrogen-bond donors (Lipinski definition) is 1. The molecule has 140 valence electrons. The van der Waals surface area contributed by atoms with Gasteiger partial charge in [-0.1, -0.05) is 36.4 Å². The van der Waals surface area contributed by atoms with Gasteiger partial charge in [-0.15, -0.1) is 0 Å². The predicted molar refractivity (Wildman–Crippen MR) is 103 cm³/mol. The first-order chi connectivity index (χ1) is 13.0. The number of rotatable bonds is 6. The highest BCUT2D eigenvalue weighted by Gasteiger charge is 2.46. The second kappa shape index (κ2) is 8.14. The topological polar surface area (TPSA) is 73.7 Å². The van der Waals surface area contributed by atoms with Gasteiger partial charge in [0.25, 0.3) is 11.7 Å². The van der Waals surface area contributed by atoms with Crippen LogP contribution in [0.25, 0.3) is 5.76 Å². The summed E-state index contributed by atoms with van der Waals surface area (Å²) in [5.74, 6) is -1.43. The number of hydrogen-bond acceptors (Lipinski definition) is 5. The molecule has 1 aromatic carbocycles. The zero-order valence-electron chi connectivity index (χ0n) is 15.5. The molecule has 1 fully saturated rings. The van der Waals surface area contributed by atoms with Crippen molar-refractivity contribution in [3.63, 3.8) is 0 Å². The SMILES string of the molecule is CN(C)CCCN1C(=O)C(=O)/C(=C(/O)c2ccccc2)[C@@H]1c1ccccn1. The van der Waals surface area contributed by atoms with Crippen LogP contribution >= 0.6 is 0 Å². The average molecular weight is 365 g/mol. The van der Waals surface area contributed by atoms with Crippen LogP contribution in [-0.2, 0) is 9.59 Å². The Morgan fingerprint density at radius 3 is 2.44 bits per heavy atom. The highest BCUT2D eigenvalue weighted by molar-refractivity contribution is 6.46. The van der Waals surface area contributed by atoms with Crippen LogP contribution in [-0.4, -0.2) is 58.8 Å². The number of carbonyl (C=O) groups excluding carboxylic acids is 2. The van der Waals surface area contributed by atoms with Gasteiger partial charge in [0.15, 0.2) is 0 Å². The molecular formula is C21H23N3O3. The minimum atomic E-state index is -0.687. The van der Waals surface area contributed by atoms with Crippen molar-refractivity contribution in [1.82, 2.24) is 14.8 Å². The van der Waals surface area contributed by atoms with Crippen LogP contribution in [0.2, 0.25) is 0 Å². The number of amides is 1. The molecule has 1 aromatic heterocycles. The molecule has 1 amide bonds. The summed E-state index contributed by atoms with van der Waals surface area (Å²) in [5.41, 5.74) is 1.17. The summed E-state index contributed by atoms with van der Waals surface area (Å²) >= 11 is 0. The minimum Gasteiger partial charge on any atom is -0.507 e. The lowest BCUT2D eigenvalue weighted by Crippen LogP contribution is -2.32. The summed E-state index contributed by atoms with van der Waals surface area (Å²) in [6, 6.07) is 13.5. The number of pyridine rings is 1. The van der Waals surface area contributed by atoms with E-state index in [4.69, 9.17) is 0 Å². The van der Waals surface area contributed by atoms with E-state index in [2.05, 4.69) is 4.98 Å². The minimum absolute atomic E-state index is 0.0924. The molecule has 0 spiro atoms. The van der Waals surface area contributed by atoms with E-state index < -0.39 is 17.7 Å². The molecule has 1 aliphatic heterocycles. The number of aromatic nitrogens is 1. The molecule has 1 aliphatic rings. The second-order valence-electron chi connectivity index (χ2n) is 6.77. The third kappa shape index (κ3) is 3.90. The summed E-state index contributed by atoms with van der Waals surface area (Å²) in [7, 11) is 3.92. The van der Waals surface area contributed by atoms with Crippen LogP contribution in [0.3, 0.4) is 0 Å². The third-order valence-electron chi connectivity index (χ3n) is 4.56. The average Bonchev–Trinajstić information content (AvgIpc) is 2.93. The molecule has 0 bridgehead atoms.